The van der Waals surface area contributed by atoms with Crippen molar-refractivity contribution in [2.45, 2.75) is 50.7 Å². The molecule has 0 radical (unpaired) electrons. The Morgan fingerprint density at radius 2 is 2.45 bits per heavy atom. The summed E-state index contributed by atoms with van der Waals surface area (Å²) in [5.74, 6) is 0. The lowest BCUT2D eigenvalue weighted by Gasteiger charge is -2.44. The highest BCUT2D eigenvalue weighted by Crippen LogP contribution is 2.40. The molecule has 0 spiro atoms. The highest BCUT2D eigenvalue weighted by atomic mass is 16.5. The lowest BCUT2D eigenvalue weighted by molar-refractivity contribution is -0.133. The van der Waals surface area contributed by atoms with Gasteiger partial charge in [0, 0.05) is 0 Å². The number of hydrogen-bond donors (Lipinski definition) is 0. The second kappa shape index (κ2) is 2.34. The van der Waals surface area contributed by atoms with Crippen molar-refractivity contribution < 1.29 is 4.74 Å². The van der Waals surface area contributed by atoms with Gasteiger partial charge in [-0.15, -0.1) is 0 Å². The highest BCUT2D eigenvalue weighted by Gasteiger charge is 2.37. The molecule has 2 unspecified atom stereocenters. The van der Waals surface area contributed by atoms with Gasteiger partial charge in [-0.2, -0.15) is 0 Å². The average molecular weight is 152 g/mol. The lowest BCUT2D eigenvalue weighted by Crippen LogP contribution is -2.42. The van der Waals surface area contributed by atoms with Crippen LogP contribution in [0.2, 0.25) is 0 Å². The van der Waals surface area contributed by atoms with Crippen LogP contribution >= 0.6 is 0 Å². The Morgan fingerprint density at radius 1 is 1.64 bits per heavy atom. The van der Waals surface area contributed by atoms with E-state index in [2.05, 4.69) is 13.5 Å². The summed E-state index contributed by atoms with van der Waals surface area (Å²) in [5.41, 5.74) is 1.54. The minimum Gasteiger partial charge on any atom is -0.371 e. The molecule has 62 valence electrons. The molecular formula is C10H16O. The fourth-order valence-electron chi connectivity index (χ4n) is 2.42. The molecule has 0 aliphatic carbocycles. The molecular weight excluding hydrogens is 136 g/mol. The van der Waals surface area contributed by atoms with Gasteiger partial charge in [0.1, 0.15) is 0 Å². The van der Waals surface area contributed by atoms with E-state index < -0.39 is 0 Å². The van der Waals surface area contributed by atoms with Gasteiger partial charge in [-0.3, -0.25) is 0 Å². The normalized spacial score (nSPS) is 44.1. The second-order valence-electron chi connectivity index (χ2n) is 4.21. The predicted octanol–water partition coefficient (Wildman–Crippen LogP) is 2.66. The molecule has 2 bridgehead atoms. The van der Waals surface area contributed by atoms with E-state index in [1.54, 1.807) is 0 Å². The molecule has 0 N–H and O–H groups in total. The molecule has 2 aliphatic heterocycles. The van der Waals surface area contributed by atoms with E-state index in [-0.39, 0.29) is 5.60 Å². The van der Waals surface area contributed by atoms with Crippen LogP contribution in [0.5, 0.6) is 0 Å². The van der Waals surface area contributed by atoms with Crippen LogP contribution in [0.15, 0.2) is 12.2 Å². The first-order chi connectivity index (χ1) is 5.18. The van der Waals surface area contributed by atoms with Gasteiger partial charge < -0.3 is 4.74 Å². The number of rotatable bonds is 0. The first kappa shape index (κ1) is 7.35. The molecule has 1 nitrogen and oxygen atoms in total. The number of hydrogen-bond acceptors (Lipinski definition) is 1. The summed E-state index contributed by atoms with van der Waals surface area (Å²) in [5, 5.41) is 0. The van der Waals surface area contributed by atoms with Gasteiger partial charge in [0.2, 0.25) is 0 Å². The third kappa shape index (κ3) is 1.34. The highest BCUT2D eigenvalue weighted by molar-refractivity contribution is 5.08. The minimum absolute atomic E-state index is 0.151. The van der Waals surface area contributed by atoms with E-state index in [1.807, 2.05) is 0 Å². The largest absolute Gasteiger partial charge is 0.371 e. The van der Waals surface area contributed by atoms with Crippen LogP contribution in [0.1, 0.15) is 39.0 Å². The molecule has 0 aromatic carbocycles. The molecule has 0 aromatic rings. The van der Waals surface area contributed by atoms with Crippen molar-refractivity contribution in [2.75, 3.05) is 0 Å². The van der Waals surface area contributed by atoms with Crippen molar-refractivity contribution in [2.24, 2.45) is 0 Å². The standard InChI is InChI=1S/C10H16O/c1-8-6-9-4-3-5-10(2,7-8)11-9/h9H,1,3-7H2,2H3. The van der Waals surface area contributed by atoms with Crippen molar-refractivity contribution in [3.05, 3.63) is 12.2 Å². The Kier molecular flexibility index (Phi) is 1.57. The van der Waals surface area contributed by atoms with Crippen LogP contribution in [-0.2, 0) is 4.74 Å². The quantitative estimate of drug-likeness (QED) is 0.485. The predicted molar refractivity (Wildman–Crippen MR) is 45.5 cm³/mol. The van der Waals surface area contributed by atoms with E-state index in [1.165, 1.54) is 24.8 Å². The van der Waals surface area contributed by atoms with Gasteiger partial charge in [-0.05, 0) is 39.0 Å². The van der Waals surface area contributed by atoms with E-state index in [9.17, 15) is 0 Å². The van der Waals surface area contributed by atoms with Gasteiger partial charge in [-0.25, -0.2) is 0 Å². The zero-order valence-corrected chi connectivity index (χ0v) is 7.23. The summed E-state index contributed by atoms with van der Waals surface area (Å²) >= 11 is 0. The maximum absolute atomic E-state index is 5.92. The smallest absolute Gasteiger partial charge is 0.0695 e. The number of fused-ring (bicyclic) bond motifs is 2. The molecule has 2 heterocycles. The summed E-state index contributed by atoms with van der Waals surface area (Å²) in [4.78, 5) is 0. The van der Waals surface area contributed by atoms with E-state index in [0.29, 0.717) is 6.10 Å². The van der Waals surface area contributed by atoms with E-state index in [0.717, 1.165) is 12.8 Å². The molecule has 2 fully saturated rings. The van der Waals surface area contributed by atoms with Crippen LogP contribution in [0.3, 0.4) is 0 Å². The number of ether oxygens (including phenoxy) is 1. The molecule has 1 heteroatoms. The van der Waals surface area contributed by atoms with Crippen molar-refractivity contribution >= 4 is 0 Å². The molecule has 2 rings (SSSR count). The zero-order chi connectivity index (χ0) is 7.90. The van der Waals surface area contributed by atoms with Crippen LogP contribution in [0, 0.1) is 0 Å². The topological polar surface area (TPSA) is 9.23 Å². The maximum atomic E-state index is 5.92. The molecule has 0 aromatic heterocycles. The first-order valence-electron chi connectivity index (χ1n) is 4.52. The van der Waals surface area contributed by atoms with Crippen LogP contribution in [0.25, 0.3) is 0 Å². The minimum atomic E-state index is 0.151. The van der Waals surface area contributed by atoms with Crippen LogP contribution in [-0.4, -0.2) is 11.7 Å². The van der Waals surface area contributed by atoms with Crippen LogP contribution in [0.4, 0.5) is 0 Å². The summed E-state index contributed by atoms with van der Waals surface area (Å²) in [6.45, 7) is 6.29. The Balaban J connectivity index is 2.15. The zero-order valence-electron chi connectivity index (χ0n) is 7.23. The van der Waals surface area contributed by atoms with Gasteiger partial charge in [0.05, 0.1) is 11.7 Å². The SMILES string of the molecule is C=C1CC2CCCC(C)(C1)O2. The third-order valence-electron chi connectivity index (χ3n) is 2.82. The first-order valence-corrected chi connectivity index (χ1v) is 4.52. The fraction of sp³-hybridized carbons (Fsp3) is 0.800. The molecule has 2 saturated heterocycles. The third-order valence-corrected chi connectivity index (χ3v) is 2.82. The Hall–Kier alpha value is -0.300. The van der Waals surface area contributed by atoms with Crippen molar-refractivity contribution in [1.82, 2.24) is 0 Å². The van der Waals surface area contributed by atoms with Gasteiger partial charge >= 0.3 is 0 Å². The Labute approximate surface area is 68.4 Å². The maximum Gasteiger partial charge on any atom is 0.0695 e. The molecule has 11 heavy (non-hydrogen) atoms. The van der Waals surface area contributed by atoms with Crippen molar-refractivity contribution in [3.63, 3.8) is 0 Å². The van der Waals surface area contributed by atoms with Gasteiger partial charge in [0.15, 0.2) is 0 Å². The van der Waals surface area contributed by atoms with Crippen molar-refractivity contribution in [3.8, 4) is 0 Å². The Bertz CT molecular complexity index is 185. The molecule has 2 aliphatic rings. The second-order valence-corrected chi connectivity index (χ2v) is 4.21. The van der Waals surface area contributed by atoms with Gasteiger partial charge in [-0.1, -0.05) is 12.2 Å². The molecule has 2 atom stereocenters. The lowest BCUT2D eigenvalue weighted by atomic mass is 9.81. The summed E-state index contributed by atoms with van der Waals surface area (Å²) in [6.07, 6.45) is 6.50. The van der Waals surface area contributed by atoms with Crippen LogP contribution < -0.4 is 0 Å². The summed E-state index contributed by atoms with van der Waals surface area (Å²) < 4.78 is 5.92. The average Bonchev–Trinajstić information content (AvgIpc) is 1.82. The molecule has 0 amide bonds. The van der Waals surface area contributed by atoms with Crippen molar-refractivity contribution in [1.29, 1.82) is 0 Å². The molecule has 0 saturated carbocycles. The monoisotopic (exact) mass is 152 g/mol. The van der Waals surface area contributed by atoms with Gasteiger partial charge in [0.25, 0.3) is 0 Å². The Morgan fingerprint density at radius 3 is 3.18 bits per heavy atom. The van der Waals surface area contributed by atoms with E-state index in [4.69, 9.17) is 4.74 Å². The summed E-state index contributed by atoms with van der Waals surface area (Å²) in [6, 6.07) is 0. The fourth-order valence-corrected chi connectivity index (χ4v) is 2.42. The summed E-state index contributed by atoms with van der Waals surface area (Å²) in [7, 11) is 0. The van der Waals surface area contributed by atoms with E-state index >= 15 is 0 Å².